The molecule has 7 heteroatoms. The molecule has 0 N–H and O–H groups in total. The lowest BCUT2D eigenvalue weighted by Crippen LogP contribution is -2.03. The molecule has 4 heterocycles. The number of aromatic nitrogens is 7. The number of benzene rings is 7. The maximum Gasteiger partial charge on any atom is 0.234 e. The Hall–Kier alpha value is -7.77. The van der Waals surface area contributed by atoms with E-state index in [1.54, 1.807) is 12.4 Å². The summed E-state index contributed by atoms with van der Waals surface area (Å²) in [5.41, 5.74) is 10.4. The Morgan fingerprint density at radius 1 is 0.304 bits per heavy atom. The van der Waals surface area contributed by atoms with E-state index >= 15 is 0 Å². The average molecular weight is 718 g/mol. The van der Waals surface area contributed by atoms with Gasteiger partial charge in [0.15, 0.2) is 17.5 Å². The Labute approximate surface area is 321 Å². The van der Waals surface area contributed by atoms with Crippen LogP contribution in [0, 0.1) is 0 Å². The minimum atomic E-state index is 0.513. The number of rotatable bonds is 6. The lowest BCUT2D eigenvalue weighted by atomic mass is 10.0. The first kappa shape index (κ1) is 31.7. The third kappa shape index (κ3) is 5.25. The number of hydrogen-bond acceptors (Lipinski definition) is 5. The van der Waals surface area contributed by atoms with Crippen molar-refractivity contribution in [3.63, 3.8) is 0 Å². The van der Waals surface area contributed by atoms with Crippen LogP contribution in [0.1, 0.15) is 0 Å². The second-order valence-electron chi connectivity index (χ2n) is 13.8. The fraction of sp³-hybridized carbons (Fsp3) is 0. The first-order valence-corrected chi connectivity index (χ1v) is 18.6. The molecule has 0 saturated heterocycles. The minimum Gasteiger partial charge on any atom is -0.309 e. The third-order valence-electron chi connectivity index (χ3n) is 10.5. The van der Waals surface area contributed by atoms with Crippen molar-refractivity contribution in [3.05, 3.63) is 188 Å². The SMILES string of the molecule is c1ccc(-c2nc(-c3ccccc3)nc(-c3cnc(-n4c5ccccc5c5cc(-c6ccc7c8ccccc8n(-c8ccccc8)c7c6)ccc54)nc3)n2)cc1. The summed E-state index contributed by atoms with van der Waals surface area (Å²) in [6.07, 6.45) is 3.61. The fourth-order valence-corrected chi connectivity index (χ4v) is 7.86. The standard InChI is InChI=1S/C49H31N7/c1-4-14-32(15-5-1)46-52-47(33-16-6-2-7-17-33)54-48(53-46)36-30-50-49(51-31-36)56-43-23-13-11-21-39(43)41-28-34(25-27-44(41)56)35-24-26-40-38-20-10-12-22-42(38)55(45(40)29-35)37-18-8-3-9-19-37/h1-31H. The van der Waals surface area contributed by atoms with Crippen molar-refractivity contribution in [3.8, 4) is 56.9 Å². The van der Waals surface area contributed by atoms with Gasteiger partial charge in [-0.3, -0.25) is 4.57 Å². The summed E-state index contributed by atoms with van der Waals surface area (Å²) in [5.74, 6) is 2.27. The highest BCUT2D eigenvalue weighted by atomic mass is 15.2. The maximum atomic E-state index is 4.93. The minimum absolute atomic E-state index is 0.513. The van der Waals surface area contributed by atoms with Crippen molar-refractivity contribution in [2.24, 2.45) is 0 Å². The van der Waals surface area contributed by atoms with E-state index in [0.717, 1.165) is 49.7 Å². The van der Waals surface area contributed by atoms with Crippen LogP contribution in [-0.2, 0) is 0 Å². The molecule has 0 bridgehead atoms. The Morgan fingerprint density at radius 2 is 0.768 bits per heavy atom. The van der Waals surface area contributed by atoms with Crippen molar-refractivity contribution in [2.75, 3.05) is 0 Å². The van der Waals surface area contributed by atoms with Crippen LogP contribution in [0.15, 0.2) is 188 Å². The molecule has 0 amide bonds. The molecular formula is C49H31N7. The van der Waals surface area contributed by atoms with Crippen LogP contribution >= 0.6 is 0 Å². The summed E-state index contributed by atoms with van der Waals surface area (Å²) in [6.45, 7) is 0. The van der Waals surface area contributed by atoms with E-state index in [2.05, 4.69) is 124 Å². The van der Waals surface area contributed by atoms with Crippen molar-refractivity contribution < 1.29 is 0 Å². The highest BCUT2D eigenvalue weighted by Crippen LogP contribution is 2.38. The molecule has 7 nitrogen and oxygen atoms in total. The number of fused-ring (bicyclic) bond motifs is 6. The van der Waals surface area contributed by atoms with Gasteiger partial charge < -0.3 is 4.57 Å². The van der Waals surface area contributed by atoms with Crippen molar-refractivity contribution in [1.29, 1.82) is 0 Å². The summed E-state index contributed by atoms with van der Waals surface area (Å²) >= 11 is 0. The van der Waals surface area contributed by atoms with Crippen molar-refractivity contribution in [2.45, 2.75) is 0 Å². The predicted molar refractivity (Wildman–Crippen MR) is 226 cm³/mol. The molecule has 4 aromatic heterocycles. The summed E-state index contributed by atoms with van der Waals surface area (Å²) in [7, 11) is 0. The Balaban J connectivity index is 1.02. The molecule has 0 saturated carbocycles. The molecule has 0 aliphatic rings. The van der Waals surface area contributed by atoms with Gasteiger partial charge in [0.25, 0.3) is 0 Å². The van der Waals surface area contributed by atoms with E-state index < -0.39 is 0 Å². The molecule has 11 aromatic rings. The highest BCUT2D eigenvalue weighted by Gasteiger charge is 2.18. The largest absolute Gasteiger partial charge is 0.309 e. The van der Waals surface area contributed by atoms with E-state index in [-0.39, 0.29) is 0 Å². The summed E-state index contributed by atoms with van der Waals surface area (Å²) < 4.78 is 4.49. The predicted octanol–water partition coefficient (Wildman–Crippen LogP) is 11.5. The van der Waals surface area contributed by atoms with Gasteiger partial charge in [0.1, 0.15) is 0 Å². The third-order valence-corrected chi connectivity index (χ3v) is 10.5. The molecule has 11 rings (SSSR count). The smallest absolute Gasteiger partial charge is 0.234 e. The van der Waals surface area contributed by atoms with Crippen LogP contribution in [0.5, 0.6) is 0 Å². The molecule has 0 aliphatic heterocycles. The van der Waals surface area contributed by atoms with Crippen LogP contribution in [0.4, 0.5) is 0 Å². The second-order valence-corrected chi connectivity index (χ2v) is 13.8. The van der Waals surface area contributed by atoms with E-state index in [9.17, 15) is 0 Å². The zero-order chi connectivity index (χ0) is 37.0. The van der Waals surface area contributed by atoms with Gasteiger partial charge in [0.2, 0.25) is 5.95 Å². The summed E-state index contributed by atoms with van der Waals surface area (Å²) in [6, 6.07) is 61.1. The van der Waals surface area contributed by atoms with Gasteiger partial charge in [-0.15, -0.1) is 0 Å². The van der Waals surface area contributed by atoms with Gasteiger partial charge in [-0.25, -0.2) is 24.9 Å². The molecular weight excluding hydrogens is 687 g/mol. The van der Waals surface area contributed by atoms with E-state index in [1.807, 2.05) is 60.7 Å². The topological polar surface area (TPSA) is 74.3 Å². The monoisotopic (exact) mass is 717 g/mol. The fourth-order valence-electron chi connectivity index (χ4n) is 7.86. The van der Waals surface area contributed by atoms with Crippen molar-refractivity contribution >= 4 is 43.6 Å². The second kappa shape index (κ2) is 13.0. The lowest BCUT2D eigenvalue weighted by Gasteiger charge is -2.10. The van der Waals surface area contributed by atoms with Gasteiger partial charge in [-0.1, -0.05) is 133 Å². The molecule has 262 valence electrons. The molecule has 0 radical (unpaired) electrons. The van der Waals surface area contributed by atoms with Gasteiger partial charge in [0.05, 0.1) is 27.6 Å². The summed E-state index contributed by atoms with van der Waals surface area (Å²) in [5, 5.41) is 4.74. The quantitative estimate of drug-likeness (QED) is 0.171. The normalized spacial score (nSPS) is 11.6. The number of hydrogen-bond donors (Lipinski definition) is 0. The maximum absolute atomic E-state index is 4.93. The van der Waals surface area contributed by atoms with Crippen LogP contribution in [0.3, 0.4) is 0 Å². The van der Waals surface area contributed by atoms with Crippen LogP contribution < -0.4 is 0 Å². The molecule has 0 unspecified atom stereocenters. The molecule has 0 atom stereocenters. The Kier molecular flexibility index (Phi) is 7.35. The van der Waals surface area contributed by atoms with E-state index in [0.29, 0.717) is 29.0 Å². The van der Waals surface area contributed by atoms with Crippen LogP contribution in [0.2, 0.25) is 0 Å². The van der Waals surface area contributed by atoms with E-state index in [4.69, 9.17) is 24.9 Å². The van der Waals surface area contributed by atoms with Gasteiger partial charge in [-0.2, -0.15) is 0 Å². The summed E-state index contributed by atoms with van der Waals surface area (Å²) in [4.78, 5) is 24.4. The Bertz CT molecular complexity index is 3170. The van der Waals surface area contributed by atoms with Gasteiger partial charge in [0, 0.05) is 50.8 Å². The van der Waals surface area contributed by atoms with Crippen LogP contribution in [-0.4, -0.2) is 34.1 Å². The molecule has 0 fully saturated rings. The first-order valence-electron chi connectivity index (χ1n) is 18.6. The van der Waals surface area contributed by atoms with E-state index in [1.165, 1.54) is 21.8 Å². The molecule has 0 aliphatic carbocycles. The van der Waals surface area contributed by atoms with Gasteiger partial charge >= 0.3 is 0 Å². The molecule has 0 spiro atoms. The number of para-hydroxylation sites is 3. The molecule has 56 heavy (non-hydrogen) atoms. The molecule has 7 aromatic carbocycles. The number of nitrogens with zero attached hydrogens (tertiary/aromatic N) is 7. The zero-order valence-electron chi connectivity index (χ0n) is 30.0. The van der Waals surface area contributed by atoms with Gasteiger partial charge in [-0.05, 0) is 53.6 Å². The first-order chi connectivity index (χ1) is 27.8. The zero-order valence-corrected chi connectivity index (χ0v) is 30.0. The van der Waals surface area contributed by atoms with Crippen molar-refractivity contribution in [1.82, 2.24) is 34.1 Å². The average Bonchev–Trinajstić information content (AvgIpc) is 3.79. The van der Waals surface area contributed by atoms with Crippen LogP contribution in [0.25, 0.3) is 101 Å². The Morgan fingerprint density at radius 3 is 1.41 bits per heavy atom. The lowest BCUT2D eigenvalue weighted by molar-refractivity contribution is 0.982. The highest BCUT2D eigenvalue weighted by molar-refractivity contribution is 6.12.